The van der Waals surface area contributed by atoms with E-state index in [0.29, 0.717) is 6.04 Å². The smallest absolute Gasteiger partial charge is 0.107 e. The van der Waals surface area contributed by atoms with Gasteiger partial charge >= 0.3 is 0 Å². The van der Waals surface area contributed by atoms with Crippen LogP contribution in [0.5, 0.6) is 0 Å². The lowest BCUT2D eigenvalue weighted by Gasteiger charge is -2.14. The molecule has 0 fully saturated rings. The number of rotatable bonds is 6. The zero-order valence-electron chi connectivity index (χ0n) is 12.8. The standard InChI is InChI=1S/C16H24N2OS/c1-12(7-8-13-6-5-9-19-13)17-10-15-18-14(11-20-15)16(2,3)4/h5-6,9,11-12,17H,7-8,10H2,1-4H3. The Labute approximate surface area is 125 Å². The Bertz CT molecular complexity index is 511. The van der Waals surface area contributed by atoms with Gasteiger partial charge in [0.15, 0.2) is 0 Å². The third-order valence-corrected chi connectivity index (χ3v) is 4.17. The summed E-state index contributed by atoms with van der Waals surface area (Å²) in [4.78, 5) is 4.70. The maximum atomic E-state index is 5.35. The highest BCUT2D eigenvalue weighted by Crippen LogP contribution is 2.23. The van der Waals surface area contributed by atoms with Gasteiger partial charge < -0.3 is 9.73 Å². The van der Waals surface area contributed by atoms with Crippen molar-refractivity contribution in [2.45, 2.75) is 58.5 Å². The van der Waals surface area contributed by atoms with Gasteiger partial charge in [0.25, 0.3) is 0 Å². The van der Waals surface area contributed by atoms with Gasteiger partial charge in [-0.15, -0.1) is 11.3 Å². The highest BCUT2D eigenvalue weighted by Gasteiger charge is 2.17. The van der Waals surface area contributed by atoms with E-state index >= 15 is 0 Å². The molecule has 0 aliphatic heterocycles. The Morgan fingerprint density at radius 3 is 2.80 bits per heavy atom. The average molecular weight is 292 g/mol. The van der Waals surface area contributed by atoms with E-state index in [1.165, 1.54) is 10.7 Å². The van der Waals surface area contributed by atoms with Crippen molar-refractivity contribution in [1.82, 2.24) is 10.3 Å². The van der Waals surface area contributed by atoms with Crippen LogP contribution in [-0.2, 0) is 18.4 Å². The average Bonchev–Trinajstić information content (AvgIpc) is 3.04. The second kappa shape index (κ2) is 6.55. The van der Waals surface area contributed by atoms with Crippen molar-refractivity contribution < 1.29 is 4.42 Å². The first-order chi connectivity index (χ1) is 9.45. The van der Waals surface area contributed by atoms with E-state index in [-0.39, 0.29) is 5.41 Å². The fourth-order valence-electron chi connectivity index (χ4n) is 1.91. The van der Waals surface area contributed by atoms with Crippen molar-refractivity contribution in [2.24, 2.45) is 0 Å². The topological polar surface area (TPSA) is 38.1 Å². The highest BCUT2D eigenvalue weighted by atomic mass is 32.1. The first-order valence-electron chi connectivity index (χ1n) is 7.16. The minimum atomic E-state index is 0.139. The molecular weight excluding hydrogens is 268 g/mol. The normalized spacial score (nSPS) is 13.6. The summed E-state index contributed by atoms with van der Waals surface area (Å²) in [6, 6.07) is 4.43. The zero-order chi connectivity index (χ0) is 14.6. The molecule has 3 nitrogen and oxygen atoms in total. The fourth-order valence-corrected chi connectivity index (χ4v) is 2.89. The van der Waals surface area contributed by atoms with Crippen molar-refractivity contribution in [2.75, 3.05) is 0 Å². The van der Waals surface area contributed by atoms with Crippen molar-refractivity contribution in [1.29, 1.82) is 0 Å². The van der Waals surface area contributed by atoms with E-state index in [0.717, 1.165) is 25.1 Å². The number of hydrogen-bond donors (Lipinski definition) is 1. The molecule has 0 saturated carbocycles. The Kier molecular flexibility index (Phi) is 5.00. The first kappa shape index (κ1) is 15.3. The Morgan fingerprint density at radius 2 is 2.20 bits per heavy atom. The number of furan rings is 1. The summed E-state index contributed by atoms with van der Waals surface area (Å²) in [7, 11) is 0. The van der Waals surface area contributed by atoms with Crippen LogP contribution in [0.2, 0.25) is 0 Å². The maximum Gasteiger partial charge on any atom is 0.107 e. The van der Waals surface area contributed by atoms with Gasteiger partial charge in [0.2, 0.25) is 0 Å². The van der Waals surface area contributed by atoms with E-state index in [9.17, 15) is 0 Å². The van der Waals surface area contributed by atoms with Crippen LogP contribution in [-0.4, -0.2) is 11.0 Å². The van der Waals surface area contributed by atoms with E-state index in [1.54, 1.807) is 17.6 Å². The van der Waals surface area contributed by atoms with Gasteiger partial charge in [0, 0.05) is 29.8 Å². The van der Waals surface area contributed by atoms with E-state index in [4.69, 9.17) is 9.40 Å². The molecule has 0 spiro atoms. The monoisotopic (exact) mass is 292 g/mol. The number of aromatic nitrogens is 1. The zero-order valence-corrected chi connectivity index (χ0v) is 13.6. The van der Waals surface area contributed by atoms with Gasteiger partial charge in [-0.25, -0.2) is 4.98 Å². The van der Waals surface area contributed by atoms with Gasteiger partial charge in [0.05, 0.1) is 12.0 Å². The SMILES string of the molecule is CC(CCc1ccco1)NCc1nc(C(C)(C)C)cs1. The van der Waals surface area contributed by atoms with Crippen LogP contribution < -0.4 is 5.32 Å². The molecule has 0 bridgehead atoms. The fraction of sp³-hybridized carbons (Fsp3) is 0.562. The van der Waals surface area contributed by atoms with Crippen LogP contribution >= 0.6 is 11.3 Å². The highest BCUT2D eigenvalue weighted by molar-refractivity contribution is 7.09. The van der Waals surface area contributed by atoms with Gasteiger partial charge in [-0.05, 0) is 25.5 Å². The molecule has 2 rings (SSSR count). The van der Waals surface area contributed by atoms with Gasteiger partial charge in [0.1, 0.15) is 10.8 Å². The number of hydrogen-bond acceptors (Lipinski definition) is 4. The molecule has 2 aromatic heterocycles. The summed E-state index contributed by atoms with van der Waals surface area (Å²) in [6.07, 6.45) is 3.79. The predicted molar refractivity (Wildman–Crippen MR) is 84.1 cm³/mol. The van der Waals surface area contributed by atoms with Crippen LogP contribution in [0, 0.1) is 0 Å². The van der Waals surface area contributed by atoms with Crippen LogP contribution in [0.4, 0.5) is 0 Å². The lowest BCUT2D eigenvalue weighted by molar-refractivity contribution is 0.459. The molecule has 2 heterocycles. The molecule has 1 atom stereocenters. The van der Waals surface area contributed by atoms with Crippen molar-refractivity contribution in [3.63, 3.8) is 0 Å². The molecular formula is C16H24N2OS. The first-order valence-corrected chi connectivity index (χ1v) is 8.04. The minimum absolute atomic E-state index is 0.139. The number of nitrogens with zero attached hydrogens (tertiary/aromatic N) is 1. The van der Waals surface area contributed by atoms with Gasteiger partial charge in [-0.1, -0.05) is 20.8 Å². The quantitative estimate of drug-likeness (QED) is 0.869. The second-order valence-electron chi connectivity index (χ2n) is 6.28. The minimum Gasteiger partial charge on any atom is -0.469 e. The molecule has 0 amide bonds. The molecule has 1 unspecified atom stereocenters. The third kappa shape index (κ3) is 4.46. The maximum absolute atomic E-state index is 5.35. The van der Waals surface area contributed by atoms with Crippen molar-refractivity contribution in [3.05, 3.63) is 40.2 Å². The Morgan fingerprint density at radius 1 is 1.40 bits per heavy atom. The second-order valence-corrected chi connectivity index (χ2v) is 7.22. The summed E-state index contributed by atoms with van der Waals surface area (Å²) >= 11 is 1.74. The van der Waals surface area contributed by atoms with Crippen LogP contribution in [0.3, 0.4) is 0 Å². The van der Waals surface area contributed by atoms with Gasteiger partial charge in [-0.2, -0.15) is 0 Å². The van der Waals surface area contributed by atoms with Crippen molar-refractivity contribution in [3.8, 4) is 0 Å². The Balaban J connectivity index is 1.75. The molecule has 20 heavy (non-hydrogen) atoms. The van der Waals surface area contributed by atoms with E-state index in [1.807, 2.05) is 12.1 Å². The molecule has 0 aromatic carbocycles. The Hall–Kier alpha value is -1.13. The summed E-state index contributed by atoms with van der Waals surface area (Å²) in [5.41, 5.74) is 1.32. The number of aryl methyl sites for hydroxylation is 1. The summed E-state index contributed by atoms with van der Waals surface area (Å²) in [6.45, 7) is 9.66. The molecule has 4 heteroatoms. The number of thiazole rings is 1. The van der Waals surface area contributed by atoms with Crippen LogP contribution in [0.1, 0.15) is 50.6 Å². The number of nitrogens with one attached hydrogen (secondary N) is 1. The molecule has 0 radical (unpaired) electrons. The van der Waals surface area contributed by atoms with Gasteiger partial charge in [-0.3, -0.25) is 0 Å². The lowest BCUT2D eigenvalue weighted by atomic mass is 9.93. The molecule has 0 saturated heterocycles. The summed E-state index contributed by atoms with van der Waals surface area (Å²) < 4.78 is 5.35. The summed E-state index contributed by atoms with van der Waals surface area (Å²) in [5.74, 6) is 1.06. The lowest BCUT2D eigenvalue weighted by Crippen LogP contribution is -2.26. The van der Waals surface area contributed by atoms with Crippen LogP contribution in [0.25, 0.3) is 0 Å². The summed E-state index contributed by atoms with van der Waals surface area (Å²) in [5, 5.41) is 6.87. The molecule has 1 N–H and O–H groups in total. The molecule has 0 aliphatic carbocycles. The molecule has 2 aromatic rings. The largest absolute Gasteiger partial charge is 0.469 e. The van der Waals surface area contributed by atoms with E-state index < -0.39 is 0 Å². The van der Waals surface area contributed by atoms with Crippen LogP contribution in [0.15, 0.2) is 28.2 Å². The van der Waals surface area contributed by atoms with Crippen molar-refractivity contribution >= 4 is 11.3 Å². The van der Waals surface area contributed by atoms with E-state index in [2.05, 4.69) is 38.4 Å². The molecule has 0 aliphatic rings. The third-order valence-electron chi connectivity index (χ3n) is 3.33. The molecule has 110 valence electrons. The predicted octanol–water partition coefficient (Wildman–Crippen LogP) is 4.14.